The molecular weight excluding hydrogens is 383 g/mol. The lowest BCUT2D eigenvalue weighted by molar-refractivity contribution is -0.140. The van der Waals surface area contributed by atoms with Gasteiger partial charge in [-0.05, 0) is 53.9 Å². The Morgan fingerprint density at radius 3 is 2.47 bits per heavy atom. The third kappa shape index (κ3) is 3.48. The first-order valence-corrected chi connectivity index (χ1v) is 9.46. The maximum absolute atomic E-state index is 13.3. The maximum atomic E-state index is 13.3. The Morgan fingerprint density at radius 2 is 1.80 bits per heavy atom. The average Bonchev–Trinajstić information content (AvgIpc) is 3.00. The number of Topliss-reactive ketones (excluding diaryl/α,β-unsaturated/α-hetero) is 1. The zero-order valence-electron chi connectivity index (χ0n) is 16.2. The van der Waals surface area contributed by atoms with Crippen molar-refractivity contribution in [3.05, 3.63) is 107 Å². The fourth-order valence-corrected chi connectivity index (χ4v) is 3.71. The van der Waals surface area contributed by atoms with Crippen LogP contribution in [0.15, 0.2) is 78.6 Å². The van der Waals surface area contributed by atoms with E-state index < -0.39 is 23.5 Å². The second kappa shape index (κ2) is 7.91. The summed E-state index contributed by atoms with van der Waals surface area (Å²) in [5.74, 6) is -2.25. The summed E-state index contributed by atoms with van der Waals surface area (Å²) in [7, 11) is 0. The molecule has 0 bridgehead atoms. The summed E-state index contributed by atoms with van der Waals surface area (Å²) in [5, 5.41) is 11.0. The van der Waals surface area contributed by atoms with E-state index in [1.165, 1.54) is 29.2 Å². The summed E-state index contributed by atoms with van der Waals surface area (Å²) < 4.78 is 13.3. The topological polar surface area (TPSA) is 70.5 Å². The van der Waals surface area contributed by atoms with Crippen LogP contribution in [-0.4, -0.2) is 26.7 Å². The summed E-state index contributed by atoms with van der Waals surface area (Å²) in [5.41, 5.74) is 2.65. The summed E-state index contributed by atoms with van der Waals surface area (Å²) in [6, 6.07) is 15.4. The Hall–Kier alpha value is -3.80. The van der Waals surface area contributed by atoms with Crippen LogP contribution in [0.3, 0.4) is 0 Å². The van der Waals surface area contributed by atoms with Crippen molar-refractivity contribution in [1.82, 2.24) is 9.88 Å². The van der Waals surface area contributed by atoms with Crippen molar-refractivity contribution in [2.24, 2.45) is 0 Å². The number of carbonyl (C=O) groups is 2. The Morgan fingerprint density at radius 1 is 1.07 bits per heavy atom. The second-order valence-electron chi connectivity index (χ2n) is 7.15. The fraction of sp³-hybridized carbons (Fsp3) is 0.125. The van der Waals surface area contributed by atoms with Gasteiger partial charge in [-0.25, -0.2) is 4.39 Å². The highest BCUT2D eigenvalue weighted by molar-refractivity contribution is 6.46. The molecule has 0 aliphatic carbocycles. The fourth-order valence-electron chi connectivity index (χ4n) is 3.71. The number of nitrogens with zero attached hydrogens (tertiary/aromatic N) is 2. The minimum atomic E-state index is -0.769. The highest BCUT2D eigenvalue weighted by atomic mass is 19.1. The first kappa shape index (κ1) is 19.5. The summed E-state index contributed by atoms with van der Waals surface area (Å²) in [6.45, 7) is 2.05. The number of amides is 1. The molecule has 1 aromatic heterocycles. The third-order valence-electron chi connectivity index (χ3n) is 5.22. The van der Waals surface area contributed by atoms with Crippen LogP contribution >= 0.6 is 0 Å². The number of halogens is 1. The standard InChI is InChI=1S/C24H19FN2O3/c1-15-5-2-3-7-19(15)21-20(22(28)17-8-10-18(25)11-9-17)23(29)24(30)27(21)14-16-6-4-12-26-13-16/h2-13,21,28H,14H2,1H3/b22-20-. The van der Waals surface area contributed by atoms with Crippen molar-refractivity contribution in [3.63, 3.8) is 0 Å². The molecular formula is C24H19FN2O3. The molecule has 0 saturated carbocycles. The van der Waals surface area contributed by atoms with Crippen LogP contribution in [0.1, 0.15) is 28.3 Å². The van der Waals surface area contributed by atoms with Gasteiger partial charge in [-0.1, -0.05) is 30.3 Å². The number of benzene rings is 2. The first-order valence-electron chi connectivity index (χ1n) is 9.46. The first-order chi connectivity index (χ1) is 14.5. The number of aliphatic hydroxyl groups is 1. The smallest absolute Gasteiger partial charge is 0.295 e. The van der Waals surface area contributed by atoms with Gasteiger partial charge in [0.15, 0.2) is 0 Å². The zero-order valence-corrected chi connectivity index (χ0v) is 16.2. The number of pyridine rings is 1. The van der Waals surface area contributed by atoms with E-state index in [1.54, 1.807) is 18.5 Å². The lowest BCUT2D eigenvalue weighted by atomic mass is 9.92. The van der Waals surface area contributed by atoms with Crippen molar-refractivity contribution < 1.29 is 19.1 Å². The Balaban J connectivity index is 1.88. The normalized spacial score (nSPS) is 18.1. The molecule has 1 unspecified atom stereocenters. The van der Waals surface area contributed by atoms with Gasteiger partial charge in [0.1, 0.15) is 11.6 Å². The number of hydrogen-bond acceptors (Lipinski definition) is 4. The highest BCUT2D eigenvalue weighted by Gasteiger charge is 2.46. The molecule has 2 heterocycles. The van der Waals surface area contributed by atoms with Crippen LogP contribution in [0.5, 0.6) is 0 Å². The quantitative estimate of drug-likeness (QED) is 0.404. The Kier molecular flexibility index (Phi) is 5.14. The molecule has 150 valence electrons. The number of ketones is 1. The van der Waals surface area contributed by atoms with E-state index in [2.05, 4.69) is 4.98 Å². The molecule has 1 N–H and O–H groups in total. The number of carbonyl (C=O) groups excluding carboxylic acids is 2. The average molecular weight is 402 g/mol. The van der Waals surface area contributed by atoms with Gasteiger partial charge >= 0.3 is 0 Å². The van der Waals surface area contributed by atoms with Crippen LogP contribution in [0.2, 0.25) is 0 Å². The molecule has 1 atom stereocenters. The molecule has 5 nitrogen and oxygen atoms in total. The molecule has 3 aromatic rings. The Labute approximate surface area is 173 Å². The summed E-state index contributed by atoms with van der Waals surface area (Å²) in [6.07, 6.45) is 3.26. The van der Waals surface area contributed by atoms with E-state index in [0.717, 1.165) is 16.7 Å². The van der Waals surface area contributed by atoms with E-state index in [0.29, 0.717) is 0 Å². The predicted molar refractivity (Wildman–Crippen MR) is 110 cm³/mol. The second-order valence-corrected chi connectivity index (χ2v) is 7.15. The summed E-state index contributed by atoms with van der Waals surface area (Å²) in [4.78, 5) is 31.5. The lowest BCUT2D eigenvalue weighted by Crippen LogP contribution is -2.29. The summed E-state index contributed by atoms with van der Waals surface area (Å²) >= 11 is 0. The molecule has 2 aromatic carbocycles. The number of aromatic nitrogens is 1. The van der Waals surface area contributed by atoms with Gasteiger partial charge in [0.2, 0.25) is 0 Å². The van der Waals surface area contributed by atoms with E-state index in [4.69, 9.17) is 0 Å². The van der Waals surface area contributed by atoms with Gasteiger partial charge < -0.3 is 10.0 Å². The van der Waals surface area contributed by atoms with Gasteiger partial charge in [0.05, 0.1) is 11.6 Å². The van der Waals surface area contributed by atoms with Gasteiger partial charge in [-0.15, -0.1) is 0 Å². The van der Waals surface area contributed by atoms with E-state index in [-0.39, 0.29) is 23.4 Å². The molecule has 1 aliphatic heterocycles. The molecule has 0 radical (unpaired) electrons. The SMILES string of the molecule is Cc1ccccc1C1/C(=C(/O)c2ccc(F)cc2)C(=O)C(=O)N1Cc1cccnc1. The van der Waals surface area contributed by atoms with Crippen LogP contribution in [-0.2, 0) is 16.1 Å². The van der Waals surface area contributed by atoms with Crippen LogP contribution < -0.4 is 0 Å². The largest absolute Gasteiger partial charge is 0.507 e. The number of likely N-dealkylation sites (tertiary alicyclic amines) is 1. The van der Waals surface area contributed by atoms with Crippen LogP contribution in [0, 0.1) is 12.7 Å². The van der Waals surface area contributed by atoms with Crippen molar-refractivity contribution in [3.8, 4) is 0 Å². The monoisotopic (exact) mass is 402 g/mol. The van der Waals surface area contributed by atoms with Gasteiger partial charge in [0.25, 0.3) is 11.7 Å². The molecule has 30 heavy (non-hydrogen) atoms. The highest BCUT2D eigenvalue weighted by Crippen LogP contribution is 2.41. The molecule has 1 fully saturated rings. The van der Waals surface area contributed by atoms with Crippen LogP contribution in [0.25, 0.3) is 5.76 Å². The lowest BCUT2D eigenvalue weighted by Gasteiger charge is -2.26. The van der Waals surface area contributed by atoms with E-state index >= 15 is 0 Å². The van der Waals surface area contributed by atoms with Gasteiger partial charge in [-0.2, -0.15) is 0 Å². The predicted octanol–water partition coefficient (Wildman–Crippen LogP) is 4.15. The van der Waals surface area contributed by atoms with Crippen LogP contribution in [0.4, 0.5) is 4.39 Å². The number of rotatable bonds is 4. The third-order valence-corrected chi connectivity index (χ3v) is 5.22. The molecule has 1 saturated heterocycles. The molecule has 0 spiro atoms. The van der Waals surface area contributed by atoms with E-state index in [9.17, 15) is 19.1 Å². The van der Waals surface area contributed by atoms with Crippen molar-refractivity contribution in [2.75, 3.05) is 0 Å². The number of aryl methyl sites for hydroxylation is 1. The van der Waals surface area contributed by atoms with Gasteiger partial charge in [0, 0.05) is 24.5 Å². The number of aliphatic hydroxyl groups excluding tert-OH is 1. The van der Waals surface area contributed by atoms with E-state index in [1.807, 2.05) is 37.3 Å². The zero-order chi connectivity index (χ0) is 21.3. The van der Waals surface area contributed by atoms with Gasteiger partial charge in [-0.3, -0.25) is 14.6 Å². The van der Waals surface area contributed by atoms with Crippen molar-refractivity contribution >= 4 is 17.4 Å². The maximum Gasteiger partial charge on any atom is 0.295 e. The van der Waals surface area contributed by atoms with Crippen molar-refractivity contribution in [1.29, 1.82) is 0 Å². The molecule has 1 amide bonds. The van der Waals surface area contributed by atoms with Crippen molar-refractivity contribution in [2.45, 2.75) is 19.5 Å². The molecule has 4 rings (SSSR count). The minimum absolute atomic E-state index is 0.00945. The number of hydrogen-bond donors (Lipinski definition) is 1. The molecule has 6 heteroatoms. The Bertz CT molecular complexity index is 1140. The minimum Gasteiger partial charge on any atom is -0.507 e. The molecule has 1 aliphatic rings.